The van der Waals surface area contributed by atoms with E-state index in [0.717, 1.165) is 5.56 Å². The molecular weight excluding hydrogens is 366 g/mol. The molecule has 0 spiro atoms. The van der Waals surface area contributed by atoms with Crippen molar-refractivity contribution in [3.63, 3.8) is 0 Å². The molecule has 0 unspecified atom stereocenters. The van der Waals surface area contributed by atoms with Gasteiger partial charge in [-0.1, -0.05) is 17.3 Å². The van der Waals surface area contributed by atoms with Crippen molar-refractivity contribution in [3.05, 3.63) is 53.3 Å². The van der Waals surface area contributed by atoms with Crippen LogP contribution in [0.1, 0.15) is 16.3 Å². The quantitative estimate of drug-likeness (QED) is 0.545. The van der Waals surface area contributed by atoms with Gasteiger partial charge >= 0.3 is 0 Å². The number of aryl methyl sites for hydroxylation is 1. The van der Waals surface area contributed by atoms with E-state index in [2.05, 4.69) is 25.7 Å². The molecule has 0 saturated carbocycles. The molecule has 3 heterocycles. The Hall–Kier alpha value is -3.46. The van der Waals surface area contributed by atoms with Crippen molar-refractivity contribution >= 4 is 22.9 Å². The van der Waals surface area contributed by atoms with Gasteiger partial charge in [0.1, 0.15) is 16.3 Å². The van der Waals surface area contributed by atoms with Gasteiger partial charge in [0, 0.05) is 5.56 Å². The SMILES string of the molecule is COc1ccccc1-c1cc(C(=O)Nc2ccsc2-c2nc(C)no2)[nH]n1. The molecule has 0 aliphatic rings. The minimum atomic E-state index is -0.320. The Morgan fingerprint density at radius 1 is 1.30 bits per heavy atom. The number of anilines is 1. The predicted molar refractivity (Wildman–Crippen MR) is 101 cm³/mol. The van der Waals surface area contributed by atoms with Crippen LogP contribution in [0.5, 0.6) is 5.75 Å². The molecule has 0 aliphatic heterocycles. The van der Waals surface area contributed by atoms with Gasteiger partial charge in [-0.25, -0.2) is 0 Å². The Morgan fingerprint density at radius 3 is 2.93 bits per heavy atom. The summed E-state index contributed by atoms with van der Waals surface area (Å²) in [6.45, 7) is 1.74. The molecule has 27 heavy (non-hydrogen) atoms. The fourth-order valence-corrected chi connectivity index (χ4v) is 3.35. The Labute approximate surface area is 158 Å². The van der Waals surface area contributed by atoms with Crippen LogP contribution in [0, 0.1) is 6.92 Å². The number of carbonyl (C=O) groups is 1. The number of amides is 1. The highest BCUT2D eigenvalue weighted by Gasteiger charge is 2.18. The molecule has 0 radical (unpaired) electrons. The average molecular weight is 381 g/mol. The van der Waals surface area contributed by atoms with Crippen LogP contribution < -0.4 is 10.1 Å². The summed E-state index contributed by atoms with van der Waals surface area (Å²) < 4.78 is 10.5. The number of carbonyl (C=O) groups excluding carboxylic acids is 1. The number of thiophene rings is 1. The molecule has 136 valence electrons. The largest absolute Gasteiger partial charge is 0.496 e. The summed E-state index contributed by atoms with van der Waals surface area (Å²) >= 11 is 1.41. The third-order valence-electron chi connectivity index (χ3n) is 3.84. The maximum absolute atomic E-state index is 12.6. The van der Waals surface area contributed by atoms with Crippen LogP contribution in [0.25, 0.3) is 22.0 Å². The molecule has 0 aliphatic carbocycles. The third kappa shape index (κ3) is 3.32. The molecule has 8 nitrogen and oxygen atoms in total. The fraction of sp³-hybridized carbons (Fsp3) is 0.111. The van der Waals surface area contributed by atoms with Gasteiger partial charge in [-0.15, -0.1) is 11.3 Å². The van der Waals surface area contributed by atoms with E-state index in [0.29, 0.717) is 39.4 Å². The number of nitrogens with zero attached hydrogens (tertiary/aromatic N) is 3. The molecular formula is C18H15N5O3S. The summed E-state index contributed by atoms with van der Waals surface area (Å²) in [4.78, 5) is 17.5. The lowest BCUT2D eigenvalue weighted by atomic mass is 10.1. The zero-order chi connectivity index (χ0) is 18.8. The summed E-state index contributed by atoms with van der Waals surface area (Å²) in [6.07, 6.45) is 0. The predicted octanol–water partition coefficient (Wildman–Crippen LogP) is 3.76. The number of nitrogens with one attached hydrogen (secondary N) is 2. The van der Waals surface area contributed by atoms with Crippen molar-refractivity contribution in [1.29, 1.82) is 0 Å². The van der Waals surface area contributed by atoms with Crippen molar-refractivity contribution in [3.8, 4) is 27.8 Å². The van der Waals surface area contributed by atoms with Gasteiger partial charge in [-0.05, 0) is 36.6 Å². The highest BCUT2D eigenvalue weighted by Crippen LogP contribution is 2.33. The van der Waals surface area contributed by atoms with Gasteiger partial charge < -0.3 is 14.6 Å². The third-order valence-corrected chi connectivity index (χ3v) is 4.74. The lowest BCUT2D eigenvalue weighted by Crippen LogP contribution is -2.12. The van der Waals surface area contributed by atoms with E-state index in [9.17, 15) is 4.79 Å². The van der Waals surface area contributed by atoms with Crippen LogP contribution in [-0.2, 0) is 0 Å². The second kappa shape index (κ2) is 7.04. The molecule has 3 aromatic heterocycles. The number of aromatic nitrogens is 4. The number of rotatable bonds is 5. The first-order valence-corrected chi connectivity index (χ1v) is 8.92. The van der Waals surface area contributed by atoms with Crippen LogP contribution in [-0.4, -0.2) is 33.4 Å². The van der Waals surface area contributed by atoms with Crippen molar-refractivity contribution in [2.24, 2.45) is 0 Å². The smallest absolute Gasteiger partial charge is 0.273 e. The van der Waals surface area contributed by atoms with E-state index in [1.54, 1.807) is 26.2 Å². The summed E-state index contributed by atoms with van der Waals surface area (Å²) in [5, 5.41) is 15.5. The molecule has 0 bridgehead atoms. The van der Waals surface area contributed by atoms with Crippen molar-refractivity contribution in [2.45, 2.75) is 6.92 Å². The van der Waals surface area contributed by atoms with Crippen LogP contribution in [0.2, 0.25) is 0 Å². The minimum absolute atomic E-state index is 0.320. The number of benzene rings is 1. The first-order chi connectivity index (χ1) is 13.2. The number of aromatic amines is 1. The number of hydrogen-bond acceptors (Lipinski definition) is 7. The monoisotopic (exact) mass is 381 g/mol. The van der Waals surface area contributed by atoms with Gasteiger partial charge in [0.25, 0.3) is 11.8 Å². The molecule has 4 rings (SSSR count). The Kier molecular flexibility index (Phi) is 4.43. The average Bonchev–Trinajstić information content (AvgIpc) is 3.42. The summed E-state index contributed by atoms with van der Waals surface area (Å²) in [6, 6.07) is 10.9. The van der Waals surface area contributed by atoms with Crippen LogP contribution in [0.15, 0.2) is 46.3 Å². The number of H-pyrrole nitrogens is 1. The molecule has 0 saturated heterocycles. The maximum atomic E-state index is 12.6. The van der Waals surface area contributed by atoms with E-state index in [4.69, 9.17) is 9.26 Å². The van der Waals surface area contributed by atoms with Gasteiger partial charge in [-0.2, -0.15) is 10.1 Å². The summed E-state index contributed by atoms with van der Waals surface area (Å²) in [7, 11) is 1.59. The molecule has 9 heteroatoms. The zero-order valence-corrected chi connectivity index (χ0v) is 15.3. The maximum Gasteiger partial charge on any atom is 0.273 e. The molecule has 1 aromatic carbocycles. The highest BCUT2D eigenvalue weighted by atomic mass is 32.1. The van der Waals surface area contributed by atoms with Gasteiger partial charge in [0.05, 0.1) is 18.5 Å². The molecule has 1 amide bonds. The van der Waals surface area contributed by atoms with Gasteiger partial charge in [0.2, 0.25) is 0 Å². The van der Waals surface area contributed by atoms with E-state index in [-0.39, 0.29) is 5.91 Å². The van der Waals surface area contributed by atoms with Gasteiger partial charge in [-0.3, -0.25) is 9.89 Å². The molecule has 4 aromatic rings. The normalized spacial score (nSPS) is 10.7. The molecule has 0 fully saturated rings. The number of para-hydroxylation sites is 1. The number of hydrogen-bond donors (Lipinski definition) is 2. The van der Waals surface area contributed by atoms with E-state index < -0.39 is 0 Å². The van der Waals surface area contributed by atoms with Crippen LogP contribution in [0.3, 0.4) is 0 Å². The Balaban J connectivity index is 1.57. The van der Waals surface area contributed by atoms with Crippen LogP contribution >= 0.6 is 11.3 Å². The van der Waals surface area contributed by atoms with Crippen molar-refractivity contribution < 1.29 is 14.1 Å². The lowest BCUT2D eigenvalue weighted by Gasteiger charge is -2.04. The van der Waals surface area contributed by atoms with Crippen molar-refractivity contribution in [2.75, 3.05) is 12.4 Å². The van der Waals surface area contributed by atoms with Crippen molar-refractivity contribution in [1.82, 2.24) is 20.3 Å². The van der Waals surface area contributed by atoms with E-state index >= 15 is 0 Å². The van der Waals surface area contributed by atoms with Gasteiger partial charge in [0.15, 0.2) is 5.82 Å². The summed E-state index contributed by atoms with van der Waals surface area (Å²) in [5.74, 6) is 1.27. The first kappa shape index (κ1) is 17.0. The topological polar surface area (TPSA) is 106 Å². The second-order valence-electron chi connectivity index (χ2n) is 5.63. The van der Waals surface area contributed by atoms with Crippen LogP contribution in [0.4, 0.5) is 5.69 Å². The zero-order valence-electron chi connectivity index (χ0n) is 14.5. The second-order valence-corrected chi connectivity index (χ2v) is 6.55. The first-order valence-electron chi connectivity index (χ1n) is 8.04. The lowest BCUT2D eigenvalue weighted by molar-refractivity contribution is 0.102. The standard InChI is InChI=1S/C18H15N5O3S/c1-10-19-18(26-23-10)16-12(7-8-27-16)20-17(24)14-9-13(21-22-14)11-5-3-4-6-15(11)25-2/h3-9H,1-2H3,(H,20,24)(H,21,22). The molecule has 0 atom stereocenters. The summed E-state index contributed by atoms with van der Waals surface area (Å²) in [5.41, 5.74) is 2.35. The Bertz CT molecular complexity index is 1100. The van der Waals surface area contributed by atoms with E-state index in [1.165, 1.54) is 11.3 Å². The molecule has 2 N–H and O–H groups in total. The number of ether oxygens (including phenoxy) is 1. The fourth-order valence-electron chi connectivity index (χ4n) is 2.58. The highest BCUT2D eigenvalue weighted by molar-refractivity contribution is 7.14. The Morgan fingerprint density at radius 2 is 2.15 bits per heavy atom. The number of methoxy groups -OCH3 is 1. The minimum Gasteiger partial charge on any atom is -0.496 e. The van der Waals surface area contributed by atoms with E-state index in [1.807, 2.05) is 29.6 Å².